The fourth-order valence-electron chi connectivity index (χ4n) is 2.32. The largest absolute Gasteiger partial charge is 0.318 e. The Bertz CT molecular complexity index is 838. The van der Waals surface area contributed by atoms with Crippen LogP contribution in [0.25, 0.3) is 0 Å². The standard InChI is InChI=1S/C17H12Cl3N3O2/c18-12-8-6-11(7-9-12)14(24)23-17(15(19)20)16(25)21-13(22-17)10-4-2-1-3-5-10/h1-9,15H,(H,23,24)(H,21,22,25). The van der Waals surface area contributed by atoms with Gasteiger partial charge < -0.3 is 10.6 Å². The van der Waals surface area contributed by atoms with Crippen molar-refractivity contribution in [3.05, 3.63) is 70.7 Å². The lowest BCUT2D eigenvalue weighted by Gasteiger charge is -2.25. The molecule has 1 unspecified atom stereocenters. The molecular formula is C17H12Cl3N3O2. The zero-order valence-electron chi connectivity index (χ0n) is 12.7. The SMILES string of the molecule is O=C(NC1(C(Cl)Cl)N=C(c2ccccc2)NC1=O)c1ccc(Cl)cc1. The predicted molar refractivity (Wildman–Crippen MR) is 98.3 cm³/mol. The number of hydrogen-bond donors (Lipinski definition) is 2. The Kier molecular flexibility index (Phi) is 4.99. The van der Waals surface area contributed by atoms with E-state index in [2.05, 4.69) is 15.6 Å². The minimum absolute atomic E-state index is 0.285. The second-order valence-electron chi connectivity index (χ2n) is 5.31. The molecule has 5 nitrogen and oxygen atoms in total. The molecule has 0 spiro atoms. The van der Waals surface area contributed by atoms with E-state index in [1.54, 1.807) is 36.4 Å². The highest BCUT2D eigenvalue weighted by atomic mass is 35.5. The summed E-state index contributed by atoms with van der Waals surface area (Å²) < 4.78 is 0. The van der Waals surface area contributed by atoms with Crippen LogP contribution in [0.15, 0.2) is 59.6 Å². The Balaban J connectivity index is 1.94. The van der Waals surface area contributed by atoms with Gasteiger partial charge in [0, 0.05) is 16.1 Å². The van der Waals surface area contributed by atoms with Crippen molar-refractivity contribution in [2.45, 2.75) is 10.5 Å². The quantitative estimate of drug-likeness (QED) is 0.779. The van der Waals surface area contributed by atoms with E-state index in [0.29, 0.717) is 16.1 Å². The van der Waals surface area contributed by atoms with E-state index in [4.69, 9.17) is 34.8 Å². The number of hydrogen-bond acceptors (Lipinski definition) is 3. The average Bonchev–Trinajstić information content (AvgIpc) is 2.94. The number of carbonyl (C=O) groups excluding carboxylic acids is 2. The molecule has 1 heterocycles. The molecule has 128 valence electrons. The highest BCUT2D eigenvalue weighted by Gasteiger charge is 2.50. The number of aliphatic imine (C=N–C) groups is 1. The summed E-state index contributed by atoms with van der Waals surface area (Å²) in [6.07, 6.45) is 0. The van der Waals surface area contributed by atoms with Crippen molar-refractivity contribution >= 4 is 52.5 Å². The van der Waals surface area contributed by atoms with E-state index in [0.717, 1.165) is 0 Å². The second-order valence-corrected chi connectivity index (χ2v) is 6.84. The molecule has 0 saturated carbocycles. The van der Waals surface area contributed by atoms with E-state index < -0.39 is 22.3 Å². The first-order valence-electron chi connectivity index (χ1n) is 7.25. The normalized spacial score (nSPS) is 19.5. The van der Waals surface area contributed by atoms with Crippen molar-refractivity contribution in [2.24, 2.45) is 4.99 Å². The molecule has 1 aliphatic heterocycles. The van der Waals surface area contributed by atoms with Crippen molar-refractivity contribution in [3.8, 4) is 0 Å². The van der Waals surface area contributed by atoms with Gasteiger partial charge in [-0.1, -0.05) is 65.1 Å². The zero-order chi connectivity index (χ0) is 18.0. The number of nitrogens with zero attached hydrogens (tertiary/aromatic N) is 1. The van der Waals surface area contributed by atoms with Gasteiger partial charge in [0.15, 0.2) is 4.84 Å². The molecule has 0 radical (unpaired) electrons. The van der Waals surface area contributed by atoms with E-state index in [-0.39, 0.29) is 5.84 Å². The van der Waals surface area contributed by atoms with Gasteiger partial charge in [-0.25, -0.2) is 4.99 Å². The Labute approximate surface area is 159 Å². The van der Waals surface area contributed by atoms with Crippen LogP contribution >= 0.6 is 34.8 Å². The van der Waals surface area contributed by atoms with Crippen LogP contribution < -0.4 is 10.6 Å². The van der Waals surface area contributed by atoms with Crippen LogP contribution in [0.5, 0.6) is 0 Å². The van der Waals surface area contributed by atoms with Gasteiger partial charge in [0.05, 0.1) is 0 Å². The van der Waals surface area contributed by atoms with Crippen molar-refractivity contribution < 1.29 is 9.59 Å². The molecule has 25 heavy (non-hydrogen) atoms. The van der Waals surface area contributed by atoms with Gasteiger partial charge in [-0.05, 0) is 24.3 Å². The second kappa shape index (κ2) is 7.04. The minimum Gasteiger partial charge on any atom is -0.318 e. The Hall–Kier alpha value is -2.08. The lowest BCUT2D eigenvalue weighted by molar-refractivity contribution is -0.124. The van der Waals surface area contributed by atoms with Crippen LogP contribution in [-0.2, 0) is 4.79 Å². The van der Waals surface area contributed by atoms with Crippen LogP contribution in [0.2, 0.25) is 5.02 Å². The van der Waals surface area contributed by atoms with Gasteiger partial charge >= 0.3 is 0 Å². The van der Waals surface area contributed by atoms with Crippen molar-refractivity contribution in [1.82, 2.24) is 10.6 Å². The van der Waals surface area contributed by atoms with Gasteiger partial charge in [0.2, 0.25) is 5.66 Å². The topological polar surface area (TPSA) is 70.6 Å². The number of alkyl halides is 2. The number of nitrogens with one attached hydrogen (secondary N) is 2. The highest BCUT2D eigenvalue weighted by Crippen LogP contribution is 2.28. The molecule has 0 aliphatic carbocycles. The molecule has 2 N–H and O–H groups in total. The number of amides is 2. The third-order valence-electron chi connectivity index (χ3n) is 3.64. The fraction of sp³-hybridized carbons (Fsp3) is 0.118. The first-order chi connectivity index (χ1) is 11.9. The smallest absolute Gasteiger partial charge is 0.277 e. The number of halogens is 3. The molecule has 3 rings (SSSR count). The number of amidine groups is 1. The van der Waals surface area contributed by atoms with Crippen molar-refractivity contribution in [2.75, 3.05) is 0 Å². The Morgan fingerprint density at radius 1 is 1.08 bits per heavy atom. The highest BCUT2D eigenvalue weighted by molar-refractivity contribution is 6.47. The lowest BCUT2D eigenvalue weighted by Crippen LogP contribution is -2.58. The van der Waals surface area contributed by atoms with E-state index in [1.165, 1.54) is 12.1 Å². The summed E-state index contributed by atoms with van der Waals surface area (Å²) in [5.41, 5.74) is -0.841. The van der Waals surface area contributed by atoms with Gasteiger partial charge in [-0.3, -0.25) is 9.59 Å². The summed E-state index contributed by atoms with van der Waals surface area (Å²) >= 11 is 17.8. The molecular weight excluding hydrogens is 385 g/mol. The first kappa shape index (κ1) is 17.7. The summed E-state index contributed by atoms with van der Waals surface area (Å²) in [4.78, 5) is 28.0. The summed E-state index contributed by atoms with van der Waals surface area (Å²) in [7, 11) is 0. The maximum Gasteiger partial charge on any atom is 0.277 e. The van der Waals surface area contributed by atoms with Gasteiger partial charge in [-0.15, -0.1) is 0 Å². The van der Waals surface area contributed by atoms with E-state index in [1.807, 2.05) is 6.07 Å². The van der Waals surface area contributed by atoms with Crippen LogP contribution in [0.3, 0.4) is 0 Å². The molecule has 8 heteroatoms. The van der Waals surface area contributed by atoms with Gasteiger partial charge in [-0.2, -0.15) is 0 Å². The van der Waals surface area contributed by atoms with Crippen molar-refractivity contribution in [1.29, 1.82) is 0 Å². The molecule has 2 aromatic carbocycles. The van der Waals surface area contributed by atoms with E-state index >= 15 is 0 Å². The predicted octanol–water partition coefficient (Wildman–Crippen LogP) is 3.15. The van der Waals surface area contributed by atoms with Crippen molar-refractivity contribution in [3.63, 3.8) is 0 Å². The summed E-state index contributed by atoms with van der Waals surface area (Å²) in [6, 6.07) is 15.2. The molecule has 2 amide bonds. The zero-order valence-corrected chi connectivity index (χ0v) is 14.9. The minimum atomic E-state index is -1.81. The first-order valence-corrected chi connectivity index (χ1v) is 8.50. The van der Waals surface area contributed by atoms with Gasteiger partial charge in [0.25, 0.3) is 11.8 Å². The van der Waals surface area contributed by atoms with Crippen LogP contribution in [-0.4, -0.2) is 28.1 Å². The Morgan fingerprint density at radius 2 is 1.72 bits per heavy atom. The number of benzene rings is 2. The molecule has 2 aromatic rings. The third-order valence-corrected chi connectivity index (χ3v) is 4.52. The lowest BCUT2D eigenvalue weighted by atomic mass is 10.1. The molecule has 1 atom stereocenters. The fourth-order valence-corrected chi connectivity index (χ4v) is 2.86. The third kappa shape index (κ3) is 3.49. The summed E-state index contributed by atoms with van der Waals surface area (Å²) in [5, 5.41) is 5.63. The monoisotopic (exact) mass is 395 g/mol. The molecule has 0 aromatic heterocycles. The molecule has 0 saturated heterocycles. The average molecular weight is 397 g/mol. The van der Waals surface area contributed by atoms with Gasteiger partial charge in [0.1, 0.15) is 5.84 Å². The summed E-state index contributed by atoms with van der Waals surface area (Å²) in [6.45, 7) is 0. The van der Waals surface area contributed by atoms with E-state index in [9.17, 15) is 9.59 Å². The molecule has 1 aliphatic rings. The number of rotatable bonds is 4. The Morgan fingerprint density at radius 3 is 2.32 bits per heavy atom. The van der Waals surface area contributed by atoms with Crippen LogP contribution in [0.1, 0.15) is 15.9 Å². The maximum absolute atomic E-state index is 12.5. The maximum atomic E-state index is 12.5. The molecule has 0 bridgehead atoms. The van der Waals surface area contributed by atoms with Crippen LogP contribution in [0.4, 0.5) is 0 Å². The summed E-state index contributed by atoms with van der Waals surface area (Å²) in [5.74, 6) is -0.867. The molecule has 0 fully saturated rings. The van der Waals surface area contributed by atoms with Crippen LogP contribution in [0, 0.1) is 0 Å². The number of carbonyl (C=O) groups is 2.